The van der Waals surface area contributed by atoms with Crippen LogP contribution in [0.2, 0.25) is 5.02 Å². The van der Waals surface area contributed by atoms with E-state index in [4.69, 9.17) is 81.2 Å². The largest absolute Gasteiger partial charge is 0.191 e. The van der Waals surface area contributed by atoms with Gasteiger partial charge in [-0.3, -0.25) is 0 Å². The van der Waals surface area contributed by atoms with Gasteiger partial charge in [0.25, 0.3) is 0 Å². The van der Waals surface area contributed by atoms with Gasteiger partial charge in [-0.15, -0.1) is 0 Å². The van der Waals surface area contributed by atoms with Crippen LogP contribution in [0.25, 0.3) is 5.57 Å². The van der Waals surface area contributed by atoms with Crippen LogP contribution in [0.4, 0.5) is 0 Å². The van der Waals surface area contributed by atoms with Crippen molar-refractivity contribution in [3.05, 3.63) is 51.0 Å². The predicted octanol–water partition coefficient (Wildman–Crippen LogP) is 6.77. The van der Waals surface area contributed by atoms with Gasteiger partial charge in [-0.25, -0.2) is 0 Å². The summed E-state index contributed by atoms with van der Waals surface area (Å²) in [5.41, 5.74) is 1.13. The fourth-order valence-electron chi connectivity index (χ4n) is 1.61. The predicted molar refractivity (Wildman–Crippen MR) is 87.0 cm³/mol. The highest BCUT2D eigenvalue weighted by Gasteiger charge is 2.52. The van der Waals surface area contributed by atoms with Crippen LogP contribution in [0.15, 0.2) is 40.4 Å². The Morgan fingerprint density at radius 2 is 1.42 bits per heavy atom. The van der Waals surface area contributed by atoms with Crippen molar-refractivity contribution in [3.63, 3.8) is 0 Å². The van der Waals surface area contributed by atoms with Crippen molar-refractivity contribution in [1.29, 1.82) is 0 Å². The topological polar surface area (TPSA) is 0 Å². The summed E-state index contributed by atoms with van der Waals surface area (Å²) in [5, 5.41) is 0.605. The van der Waals surface area contributed by atoms with E-state index in [0.29, 0.717) is 16.2 Å². The van der Waals surface area contributed by atoms with Crippen LogP contribution in [0.5, 0.6) is 0 Å². The van der Waals surface area contributed by atoms with E-state index in [1.165, 1.54) is 6.08 Å². The van der Waals surface area contributed by atoms with Crippen molar-refractivity contribution in [1.82, 2.24) is 0 Å². The third kappa shape index (κ3) is 2.74. The van der Waals surface area contributed by atoms with E-state index < -0.39 is 8.67 Å². The van der Waals surface area contributed by atoms with E-state index >= 15 is 0 Å². The summed E-state index contributed by atoms with van der Waals surface area (Å²) in [4.78, 5) is 0. The molecule has 0 spiro atoms. The maximum atomic E-state index is 6.19. The second kappa shape index (κ2) is 5.50. The highest BCUT2D eigenvalue weighted by Crippen LogP contribution is 2.57. The summed E-state index contributed by atoms with van der Waals surface area (Å²) < 4.78 is -3.35. The Balaban J connectivity index is 2.67. The van der Waals surface area contributed by atoms with E-state index in [1.807, 2.05) is 0 Å². The molecule has 1 aliphatic carbocycles. The van der Waals surface area contributed by atoms with Crippen molar-refractivity contribution in [2.75, 3.05) is 0 Å². The highest BCUT2D eigenvalue weighted by atomic mass is 35.5. The molecule has 19 heavy (non-hydrogen) atoms. The lowest BCUT2D eigenvalue weighted by molar-refractivity contribution is 0.881. The number of alkyl halides is 4. The molecule has 0 bridgehead atoms. The molecule has 0 aromatic heterocycles. The molecule has 0 saturated heterocycles. The van der Waals surface area contributed by atoms with Crippen molar-refractivity contribution in [2.24, 2.45) is 0 Å². The van der Waals surface area contributed by atoms with Crippen LogP contribution in [0.3, 0.4) is 0 Å². The Morgan fingerprint density at radius 3 is 2.00 bits per heavy atom. The van der Waals surface area contributed by atoms with E-state index in [9.17, 15) is 0 Å². The lowest BCUT2D eigenvalue weighted by atomic mass is 9.98. The molecule has 0 unspecified atom stereocenters. The summed E-state index contributed by atoms with van der Waals surface area (Å²) >= 11 is 42.7. The Labute approximate surface area is 145 Å². The third-order valence-corrected chi connectivity index (χ3v) is 6.24. The first-order valence-electron chi connectivity index (χ1n) is 4.98. The van der Waals surface area contributed by atoms with E-state index in [2.05, 4.69) is 0 Å². The lowest BCUT2D eigenvalue weighted by Gasteiger charge is -2.35. The molecular formula is C12H5Cl7. The summed E-state index contributed by atoms with van der Waals surface area (Å²) in [7, 11) is 0. The summed E-state index contributed by atoms with van der Waals surface area (Å²) in [6, 6.07) is 7.06. The number of hydrogen-bond acceptors (Lipinski definition) is 0. The smallest absolute Gasteiger partial charge is 0.0931 e. The van der Waals surface area contributed by atoms with Crippen LogP contribution in [-0.4, -0.2) is 8.67 Å². The molecule has 0 heterocycles. The van der Waals surface area contributed by atoms with Crippen LogP contribution >= 0.6 is 81.2 Å². The molecule has 0 saturated carbocycles. The van der Waals surface area contributed by atoms with Crippen molar-refractivity contribution in [3.8, 4) is 0 Å². The fourth-order valence-corrected chi connectivity index (χ4v) is 3.30. The highest BCUT2D eigenvalue weighted by molar-refractivity contribution is 6.69. The van der Waals surface area contributed by atoms with Gasteiger partial charge < -0.3 is 0 Å². The van der Waals surface area contributed by atoms with E-state index in [-0.39, 0.29) is 10.1 Å². The minimum atomic E-state index is -1.72. The van der Waals surface area contributed by atoms with Crippen LogP contribution in [0, 0.1) is 0 Å². The maximum Gasteiger partial charge on any atom is 0.191 e. The van der Waals surface area contributed by atoms with Gasteiger partial charge in [0.05, 0.1) is 10.1 Å². The van der Waals surface area contributed by atoms with Gasteiger partial charge in [-0.05, 0) is 12.1 Å². The summed E-state index contributed by atoms with van der Waals surface area (Å²) in [6.07, 6.45) is 1.44. The monoisotopic (exact) mass is 394 g/mol. The number of hydrogen-bond donors (Lipinski definition) is 0. The van der Waals surface area contributed by atoms with Gasteiger partial charge in [0.1, 0.15) is 0 Å². The van der Waals surface area contributed by atoms with Gasteiger partial charge in [-0.1, -0.05) is 99.4 Å². The van der Waals surface area contributed by atoms with Crippen LogP contribution < -0.4 is 0 Å². The van der Waals surface area contributed by atoms with Crippen LogP contribution in [0.1, 0.15) is 5.56 Å². The van der Waals surface area contributed by atoms with Gasteiger partial charge in [0, 0.05) is 16.2 Å². The standard InChI is InChI=1S/C12H5Cl7/c13-8-4-2-1-3-6(8)7-5-11(16,17)12(18,19)10(15)9(7)14/h1-5H. The lowest BCUT2D eigenvalue weighted by Crippen LogP contribution is -2.38. The van der Waals surface area contributed by atoms with E-state index in [0.717, 1.165) is 0 Å². The Bertz CT molecular complexity index is 583. The van der Waals surface area contributed by atoms with Crippen LogP contribution in [-0.2, 0) is 0 Å². The number of allylic oxidation sites excluding steroid dienone is 4. The number of rotatable bonds is 1. The molecule has 0 nitrogen and oxygen atoms in total. The van der Waals surface area contributed by atoms with Gasteiger partial charge in [0.15, 0.2) is 8.67 Å². The molecule has 0 amide bonds. The molecule has 0 N–H and O–H groups in total. The van der Waals surface area contributed by atoms with Crippen molar-refractivity contribution >= 4 is 86.8 Å². The third-order valence-electron chi connectivity index (χ3n) is 2.61. The second-order valence-corrected chi connectivity index (χ2v) is 7.74. The zero-order chi connectivity index (χ0) is 14.4. The molecule has 102 valence electrons. The quantitative estimate of drug-likeness (QED) is 0.459. The number of benzene rings is 1. The molecule has 0 fully saturated rings. The first-order valence-corrected chi connectivity index (χ1v) is 7.62. The SMILES string of the molecule is ClC1=C(Cl)C(Cl)(Cl)C(Cl)(Cl)C=C1c1ccccc1Cl. The van der Waals surface area contributed by atoms with Crippen molar-refractivity contribution in [2.45, 2.75) is 8.67 Å². The zero-order valence-electron chi connectivity index (χ0n) is 9.03. The molecular weight excluding hydrogens is 392 g/mol. The second-order valence-electron chi connectivity index (χ2n) is 3.86. The summed E-state index contributed by atoms with van der Waals surface area (Å²) in [6.45, 7) is 0. The fraction of sp³-hybridized carbons (Fsp3) is 0.167. The average molecular weight is 397 g/mol. The Hall–Kier alpha value is 0.730. The first-order chi connectivity index (χ1) is 8.68. The minimum absolute atomic E-state index is 0.0417. The maximum absolute atomic E-state index is 6.19. The Kier molecular flexibility index (Phi) is 4.66. The average Bonchev–Trinajstić information content (AvgIpc) is 2.33. The molecule has 1 aromatic carbocycles. The molecule has 0 aliphatic heterocycles. The van der Waals surface area contributed by atoms with E-state index in [1.54, 1.807) is 24.3 Å². The molecule has 0 radical (unpaired) electrons. The van der Waals surface area contributed by atoms with Gasteiger partial charge >= 0.3 is 0 Å². The number of halogens is 7. The molecule has 7 heteroatoms. The minimum Gasteiger partial charge on any atom is -0.0931 e. The zero-order valence-corrected chi connectivity index (χ0v) is 14.3. The van der Waals surface area contributed by atoms with Gasteiger partial charge in [-0.2, -0.15) is 0 Å². The van der Waals surface area contributed by atoms with Gasteiger partial charge in [0.2, 0.25) is 0 Å². The molecule has 0 atom stereocenters. The molecule has 1 aliphatic rings. The Morgan fingerprint density at radius 1 is 0.842 bits per heavy atom. The normalized spacial score (nSPS) is 21.3. The molecule has 2 rings (SSSR count). The first kappa shape index (κ1) is 16.1. The van der Waals surface area contributed by atoms with Crippen molar-refractivity contribution < 1.29 is 0 Å². The molecule has 1 aromatic rings. The summed E-state index contributed by atoms with van der Waals surface area (Å²) in [5.74, 6) is 0.